The number of carbonyl (C=O) groups is 1. The molecule has 0 spiro atoms. The molecule has 1 aliphatic heterocycles. The van der Waals surface area contributed by atoms with Crippen LogP contribution >= 0.6 is 0 Å². The molecule has 0 bridgehead atoms. The van der Waals surface area contributed by atoms with E-state index < -0.39 is 5.60 Å². The summed E-state index contributed by atoms with van der Waals surface area (Å²) in [6.07, 6.45) is 0.560. The third-order valence-corrected chi connectivity index (χ3v) is 2.18. The van der Waals surface area contributed by atoms with E-state index in [0.29, 0.717) is 13.0 Å². The molecule has 1 amide bonds. The van der Waals surface area contributed by atoms with Gasteiger partial charge in [0.15, 0.2) is 0 Å². The zero-order valence-corrected chi connectivity index (χ0v) is 7.29. The van der Waals surface area contributed by atoms with Crippen molar-refractivity contribution >= 4 is 5.91 Å². The molecule has 0 saturated carbocycles. The van der Waals surface area contributed by atoms with Gasteiger partial charge in [-0.05, 0) is 20.8 Å². The zero-order chi connectivity index (χ0) is 8.65. The molecule has 11 heavy (non-hydrogen) atoms. The molecular weight excluding hydrogens is 142 g/mol. The number of hydrogen-bond donors (Lipinski definition) is 1. The van der Waals surface area contributed by atoms with Crippen LogP contribution in [0.15, 0.2) is 0 Å². The van der Waals surface area contributed by atoms with Gasteiger partial charge in [-0.3, -0.25) is 4.79 Å². The van der Waals surface area contributed by atoms with Crippen LogP contribution in [0.5, 0.6) is 0 Å². The second-order valence-electron chi connectivity index (χ2n) is 3.62. The van der Waals surface area contributed by atoms with E-state index in [0.717, 1.165) is 0 Å². The van der Waals surface area contributed by atoms with Gasteiger partial charge in [0.25, 0.3) is 5.91 Å². The lowest BCUT2D eigenvalue weighted by Crippen LogP contribution is -2.40. The highest BCUT2D eigenvalue weighted by molar-refractivity contribution is 5.86. The molecule has 1 heterocycles. The van der Waals surface area contributed by atoms with E-state index in [1.165, 1.54) is 0 Å². The van der Waals surface area contributed by atoms with Crippen molar-refractivity contribution in [1.29, 1.82) is 0 Å². The second kappa shape index (κ2) is 2.48. The molecule has 0 radical (unpaired) electrons. The minimum absolute atomic E-state index is 0.132. The van der Waals surface area contributed by atoms with Gasteiger partial charge in [0.05, 0.1) is 0 Å². The summed E-state index contributed by atoms with van der Waals surface area (Å²) < 4.78 is 0. The summed E-state index contributed by atoms with van der Waals surface area (Å²) in [5.74, 6) is -0.132. The van der Waals surface area contributed by atoms with Crippen LogP contribution in [-0.2, 0) is 4.79 Å². The summed E-state index contributed by atoms with van der Waals surface area (Å²) in [5, 5.41) is 9.49. The Kier molecular flexibility index (Phi) is 1.92. The minimum atomic E-state index is -1.11. The average molecular weight is 157 g/mol. The smallest absolute Gasteiger partial charge is 0.254 e. The first-order valence-electron chi connectivity index (χ1n) is 3.98. The summed E-state index contributed by atoms with van der Waals surface area (Å²) in [6, 6.07) is 0.205. The summed E-state index contributed by atoms with van der Waals surface area (Å²) >= 11 is 0. The van der Waals surface area contributed by atoms with Gasteiger partial charge < -0.3 is 10.0 Å². The molecule has 1 atom stereocenters. The maximum absolute atomic E-state index is 11.3. The van der Waals surface area contributed by atoms with E-state index in [9.17, 15) is 9.90 Å². The lowest BCUT2D eigenvalue weighted by atomic mass is 10.1. The topological polar surface area (TPSA) is 40.5 Å². The van der Waals surface area contributed by atoms with Crippen molar-refractivity contribution in [2.45, 2.75) is 38.8 Å². The van der Waals surface area contributed by atoms with Gasteiger partial charge in [-0.2, -0.15) is 0 Å². The highest BCUT2D eigenvalue weighted by atomic mass is 16.3. The minimum Gasteiger partial charge on any atom is -0.380 e. The van der Waals surface area contributed by atoms with E-state index in [4.69, 9.17) is 0 Å². The Bertz CT molecular complexity index is 175. The summed E-state index contributed by atoms with van der Waals surface area (Å²) in [5.41, 5.74) is -1.11. The number of carbonyl (C=O) groups excluding carboxylic acids is 1. The summed E-state index contributed by atoms with van der Waals surface area (Å²) in [6.45, 7) is 6.18. The monoisotopic (exact) mass is 157 g/mol. The highest BCUT2D eigenvalue weighted by Crippen LogP contribution is 2.23. The van der Waals surface area contributed by atoms with Crippen LogP contribution in [-0.4, -0.2) is 34.1 Å². The molecule has 0 aliphatic carbocycles. The number of amides is 1. The van der Waals surface area contributed by atoms with E-state index in [-0.39, 0.29) is 11.9 Å². The third-order valence-electron chi connectivity index (χ3n) is 2.18. The van der Waals surface area contributed by atoms with Gasteiger partial charge in [-0.1, -0.05) is 0 Å². The molecule has 0 aromatic heterocycles. The standard InChI is InChI=1S/C8H15NO2/c1-6(2)9-5-4-8(3,11)7(9)10/h6,11H,4-5H2,1-3H3/t8-/m0/s1. The fourth-order valence-electron chi connectivity index (χ4n) is 1.35. The molecule has 64 valence electrons. The molecule has 0 unspecified atom stereocenters. The van der Waals surface area contributed by atoms with E-state index >= 15 is 0 Å². The molecule has 1 aliphatic rings. The van der Waals surface area contributed by atoms with Crippen LogP contribution in [0.2, 0.25) is 0 Å². The third kappa shape index (κ3) is 1.38. The normalized spacial score (nSPS) is 32.1. The van der Waals surface area contributed by atoms with Crippen molar-refractivity contribution in [2.24, 2.45) is 0 Å². The van der Waals surface area contributed by atoms with E-state index in [1.54, 1.807) is 11.8 Å². The van der Waals surface area contributed by atoms with Crippen molar-refractivity contribution in [1.82, 2.24) is 4.90 Å². The number of hydrogen-bond acceptors (Lipinski definition) is 2. The van der Waals surface area contributed by atoms with Gasteiger partial charge in [0, 0.05) is 19.0 Å². The maximum atomic E-state index is 11.3. The predicted molar refractivity (Wildman–Crippen MR) is 42.1 cm³/mol. The molecule has 1 fully saturated rings. The molecule has 3 heteroatoms. The lowest BCUT2D eigenvalue weighted by molar-refractivity contribution is -0.142. The molecule has 1 saturated heterocycles. The van der Waals surface area contributed by atoms with Crippen LogP contribution in [0.25, 0.3) is 0 Å². The average Bonchev–Trinajstić information content (AvgIpc) is 2.09. The quantitative estimate of drug-likeness (QED) is 0.597. The van der Waals surface area contributed by atoms with Gasteiger partial charge in [0.2, 0.25) is 0 Å². The Morgan fingerprint density at radius 2 is 2.18 bits per heavy atom. The Morgan fingerprint density at radius 3 is 2.36 bits per heavy atom. The molecule has 3 nitrogen and oxygen atoms in total. The van der Waals surface area contributed by atoms with Gasteiger partial charge in [0.1, 0.15) is 5.60 Å². The van der Waals surface area contributed by atoms with Crippen molar-refractivity contribution in [3.05, 3.63) is 0 Å². The van der Waals surface area contributed by atoms with Gasteiger partial charge in [-0.25, -0.2) is 0 Å². The Morgan fingerprint density at radius 1 is 1.64 bits per heavy atom. The fourth-order valence-corrected chi connectivity index (χ4v) is 1.35. The van der Waals surface area contributed by atoms with E-state index in [2.05, 4.69) is 0 Å². The largest absolute Gasteiger partial charge is 0.380 e. The van der Waals surface area contributed by atoms with Crippen LogP contribution in [0, 0.1) is 0 Å². The number of aliphatic hydroxyl groups is 1. The van der Waals surface area contributed by atoms with Crippen molar-refractivity contribution in [3.63, 3.8) is 0 Å². The number of likely N-dealkylation sites (tertiary alicyclic amines) is 1. The van der Waals surface area contributed by atoms with Crippen LogP contribution < -0.4 is 0 Å². The Balaban J connectivity index is 2.71. The first-order valence-corrected chi connectivity index (χ1v) is 3.98. The SMILES string of the molecule is CC(C)N1CC[C@](C)(O)C1=O. The molecule has 0 aromatic carbocycles. The van der Waals surface area contributed by atoms with Crippen molar-refractivity contribution < 1.29 is 9.90 Å². The number of rotatable bonds is 1. The maximum Gasteiger partial charge on any atom is 0.254 e. The first kappa shape index (κ1) is 8.53. The van der Waals surface area contributed by atoms with Gasteiger partial charge in [-0.15, -0.1) is 0 Å². The molecule has 1 rings (SSSR count). The summed E-state index contributed by atoms with van der Waals surface area (Å²) in [7, 11) is 0. The highest BCUT2D eigenvalue weighted by Gasteiger charge is 2.41. The first-order chi connectivity index (χ1) is 4.95. The molecule has 1 N–H and O–H groups in total. The van der Waals surface area contributed by atoms with Gasteiger partial charge >= 0.3 is 0 Å². The zero-order valence-electron chi connectivity index (χ0n) is 7.29. The van der Waals surface area contributed by atoms with Crippen LogP contribution in [0.3, 0.4) is 0 Å². The Hall–Kier alpha value is -0.570. The van der Waals surface area contributed by atoms with Crippen LogP contribution in [0.1, 0.15) is 27.2 Å². The second-order valence-corrected chi connectivity index (χ2v) is 3.62. The molecular formula is C8H15NO2. The Labute approximate surface area is 67.0 Å². The molecule has 0 aromatic rings. The fraction of sp³-hybridized carbons (Fsp3) is 0.875. The summed E-state index contributed by atoms with van der Waals surface area (Å²) in [4.78, 5) is 13.1. The van der Waals surface area contributed by atoms with Crippen LogP contribution in [0.4, 0.5) is 0 Å². The number of nitrogens with zero attached hydrogens (tertiary/aromatic N) is 1. The van der Waals surface area contributed by atoms with Crippen molar-refractivity contribution in [2.75, 3.05) is 6.54 Å². The predicted octanol–water partition coefficient (Wildman–Crippen LogP) is 0.378. The van der Waals surface area contributed by atoms with E-state index in [1.807, 2.05) is 13.8 Å². The lowest BCUT2D eigenvalue weighted by Gasteiger charge is -2.22. The van der Waals surface area contributed by atoms with Crippen molar-refractivity contribution in [3.8, 4) is 0 Å².